The number of carbonyl (C=O) groups excluding carboxylic acids is 1. The SMILES string of the molecule is Cc1ccc(C(CC(=O)O)C(=O)O)cc1NC(=O)OC(C)(C)C. The first-order chi connectivity index (χ1) is 10.5. The van der Waals surface area contributed by atoms with Crippen molar-refractivity contribution >= 4 is 23.7 Å². The first kappa shape index (κ1) is 18.5. The zero-order chi connectivity index (χ0) is 17.8. The van der Waals surface area contributed by atoms with Gasteiger partial charge in [0.1, 0.15) is 5.60 Å². The van der Waals surface area contributed by atoms with E-state index < -0.39 is 36.0 Å². The van der Waals surface area contributed by atoms with Gasteiger partial charge in [0.25, 0.3) is 0 Å². The second kappa shape index (κ2) is 7.13. The molecule has 0 aliphatic rings. The summed E-state index contributed by atoms with van der Waals surface area (Å²) in [6.07, 6.45) is -1.20. The standard InChI is InChI=1S/C16H21NO6/c1-9-5-6-10(11(14(20)21)8-13(18)19)7-12(9)17-15(22)23-16(2,3)4/h5-7,11H,8H2,1-4H3,(H,17,22)(H,18,19)(H,20,21). The van der Waals surface area contributed by atoms with Crippen LogP contribution < -0.4 is 5.32 Å². The number of carboxylic acids is 2. The highest BCUT2D eigenvalue weighted by Crippen LogP contribution is 2.26. The van der Waals surface area contributed by atoms with Crippen molar-refractivity contribution in [2.24, 2.45) is 0 Å². The Morgan fingerprint density at radius 1 is 1.22 bits per heavy atom. The molecule has 1 unspecified atom stereocenters. The molecule has 0 aliphatic heterocycles. The summed E-state index contributed by atoms with van der Waals surface area (Å²) in [4.78, 5) is 33.9. The van der Waals surface area contributed by atoms with Gasteiger partial charge in [-0.25, -0.2) is 4.79 Å². The maximum absolute atomic E-state index is 11.8. The minimum absolute atomic E-state index is 0.302. The lowest BCUT2D eigenvalue weighted by molar-refractivity contribution is -0.145. The van der Waals surface area contributed by atoms with Gasteiger partial charge in [-0.05, 0) is 44.9 Å². The van der Waals surface area contributed by atoms with Crippen molar-refractivity contribution in [3.8, 4) is 0 Å². The van der Waals surface area contributed by atoms with E-state index in [0.717, 1.165) is 0 Å². The van der Waals surface area contributed by atoms with Crippen molar-refractivity contribution in [2.45, 2.75) is 45.6 Å². The van der Waals surface area contributed by atoms with Crippen LogP contribution in [0.3, 0.4) is 0 Å². The monoisotopic (exact) mass is 323 g/mol. The van der Waals surface area contributed by atoms with Crippen LogP contribution in [0.25, 0.3) is 0 Å². The van der Waals surface area contributed by atoms with Crippen LogP contribution in [-0.2, 0) is 14.3 Å². The molecule has 0 aliphatic carbocycles. The third-order valence-electron chi connectivity index (χ3n) is 2.98. The fourth-order valence-corrected chi connectivity index (χ4v) is 1.93. The van der Waals surface area contributed by atoms with Crippen molar-refractivity contribution in [1.82, 2.24) is 0 Å². The molecule has 1 atom stereocenters. The third kappa shape index (κ3) is 5.98. The number of hydrogen-bond acceptors (Lipinski definition) is 4. The molecule has 0 spiro atoms. The van der Waals surface area contributed by atoms with Gasteiger partial charge in [0.05, 0.1) is 12.3 Å². The number of carboxylic acid groups (broad SMARTS) is 2. The lowest BCUT2D eigenvalue weighted by atomic mass is 9.94. The topological polar surface area (TPSA) is 113 Å². The molecule has 23 heavy (non-hydrogen) atoms. The molecule has 0 heterocycles. The van der Waals surface area contributed by atoms with Crippen molar-refractivity contribution in [3.05, 3.63) is 29.3 Å². The lowest BCUT2D eigenvalue weighted by Gasteiger charge is -2.20. The lowest BCUT2D eigenvalue weighted by Crippen LogP contribution is -2.27. The van der Waals surface area contributed by atoms with E-state index in [-0.39, 0.29) is 0 Å². The number of aryl methyl sites for hydroxylation is 1. The minimum atomic E-state index is -1.24. The molecule has 0 bridgehead atoms. The zero-order valence-corrected chi connectivity index (χ0v) is 13.5. The number of rotatable bonds is 5. The second-order valence-corrected chi connectivity index (χ2v) is 6.19. The molecule has 0 saturated heterocycles. The highest BCUT2D eigenvalue weighted by atomic mass is 16.6. The molecule has 0 aromatic heterocycles. The Hall–Kier alpha value is -2.57. The summed E-state index contributed by atoms with van der Waals surface area (Å²) in [6.45, 7) is 6.92. The molecular weight excluding hydrogens is 302 g/mol. The summed E-state index contributed by atoms with van der Waals surface area (Å²) >= 11 is 0. The van der Waals surface area contributed by atoms with Crippen LogP contribution in [0.15, 0.2) is 18.2 Å². The Labute approximate surface area is 134 Å². The number of ether oxygens (including phenoxy) is 1. The predicted octanol–water partition coefficient (Wildman–Crippen LogP) is 2.98. The summed E-state index contributed by atoms with van der Waals surface area (Å²) in [6, 6.07) is 4.62. The molecule has 1 amide bonds. The summed E-state index contributed by atoms with van der Waals surface area (Å²) in [5.41, 5.74) is 0.728. The summed E-state index contributed by atoms with van der Waals surface area (Å²) < 4.78 is 5.15. The highest BCUT2D eigenvalue weighted by Gasteiger charge is 2.24. The average molecular weight is 323 g/mol. The second-order valence-electron chi connectivity index (χ2n) is 6.19. The van der Waals surface area contributed by atoms with Crippen molar-refractivity contribution in [2.75, 3.05) is 5.32 Å². The van der Waals surface area contributed by atoms with E-state index in [1.807, 2.05) is 0 Å². The van der Waals surface area contributed by atoms with E-state index in [1.54, 1.807) is 33.8 Å². The van der Waals surface area contributed by atoms with Gasteiger partial charge in [0, 0.05) is 5.69 Å². The van der Waals surface area contributed by atoms with Crippen molar-refractivity contribution in [1.29, 1.82) is 0 Å². The van der Waals surface area contributed by atoms with E-state index in [0.29, 0.717) is 16.8 Å². The van der Waals surface area contributed by atoms with Crippen LogP contribution >= 0.6 is 0 Å². The number of nitrogens with one attached hydrogen (secondary N) is 1. The van der Waals surface area contributed by atoms with Gasteiger partial charge in [0.2, 0.25) is 0 Å². The van der Waals surface area contributed by atoms with Crippen LogP contribution in [0, 0.1) is 6.92 Å². The smallest absolute Gasteiger partial charge is 0.412 e. The average Bonchev–Trinajstić information content (AvgIpc) is 2.36. The summed E-state index contributed by atoms with van der Waals surface area (Å²) in [5, 5.41) is 20.6. The molecule has 7 heteroatoms. The number of anilines is 1. The van der Waals surface area contributed by atoms with Gasteiger partial charge in [-0.15, -0.1) is 0 Å². The Kier molecular flexibility index (Phi) is 5.73. The Balaban J connectivity index is 3.04. The van der Waals surface area contributed by atoms with E-state index in [2.05, 4.69) is 5.32 Å². The van der Waals surface area contributed by atoms with Crippen LogP contribution in [0.5, 0.6) is 0 Å². The van der Waals surface area contributed by atoms with Gasteiger partial charge < -0.3 is 14.9 Å². The number of aliphatic carboxylic acids is 2. The quantitative estimate of drug-likeness (QED) is 0.767. The van der Waals surface area contributed by atoms with Crippen molar-refractivity contribution in [3.63, 3.8) is 0 Å². The number of amides is 1. The fourth-order valence-electron chi connectivity index (χ4n) is 1.93. The molecule has 0 fully saturated rings. The van der Waals surface area contributed by atoms with Gasteiger partial charge in [-0.3, -0.25) is 14.9 Å². The minimum Gasteiger partial charge on any atom is -0.481 e. The normalized spacial score (nSPS) is 12.3. The van der Waals surface area contributed by atoms with Crippen molar-refractivity contribution < 1.29 is 29.3 Å². The van der Waals surface area contributed by atoms with Crippen LogP contribution in [-0.4, -0.2) is 33.8 Å². The fraction of sp³-hybridized carbons (Fsp3) is 0.438. The maximum Gasteiger partial charge on any atom is 0.412 e. The Morgan fingerprint density at radius 3 is 2.30 bits per heavy atom. The van der Waals surface area contributed by atoms with Crippen LogP contribution in [0.2, 0.25) is 0 Å². The first-order valence-corrected chi connectivity index (χ1v) is 7.05. The summed E-state index contributed by atoms with van der Waals surface area (Å²) in [5.74, 6) is -3.63. The Morgan fingerprint density at radius 2 is 1.83 bits per heavy atom. The predicted molar refractivity (Wildman–Crippen MR) is 83.7 cm³/mol. The number of hydrogen-bond donors (Lipinski definition) is 3. The van der Waals surface area contributed by atoms with E-state index >= 15 is 0 Å². The van der Waals surface area contributed by atoms with Crippen LogP contribution in [0.4, 0.5) is 10.5 Å². The zero-order valence-electron chi connectivity index (χ0n) is 13.5. The Bertz CT molecular complexity index is 617. The van der Waals surface area contributed by atoms with Gasteiger partial charge in [0.15, 0.2) is 0 Å². The molecule has 1 rings (SSSR count). The summed E-state index contributed by atoms with van der Waals surface area (Å²) in [7, 11) is 0. The van der Waals surface area contributed by atoms with Gasteiger partial charge >= 0.3 is 18.0 Å². The largest absolute Gasteiger partial charge is 0.481 e. The van der Waals surface area contributed by atoms with E-state index in [9.17, 15) is 19.5 Å². The van der Waals surface area contributed by atoms with Gasteiger partial charge in [-0.2, -0.15) is 0 Å². The molecular formula is C16H21NO6. The number of carbonyl (C=O) groups is 3. The van der Waals surface area contributed by atoms with Crippen LogP contribution in [0.1, 0.15) is 44.2 Å². The first-order valence-electron chi connectivity index (χ1n) is 7.05. The molecule has 7 nitrogen and oxygen atoms in total. The van der Waals surface area contributed by atoms with E-state index in [1.165, 1.54) is 12.1 Å². The molecule has 1 aromatic carbocycles. The molecule has 1 aromatic rings. The maximum atomic E-state index is 11.8. The molecule has 0 radical (unpaired) electrons. The van der Waals surface area contributed by atoms with E-state index in [4.69, 9.17) is 9.84 Å². The third-order valence-corrected chi connectivity index (χ3v) is 2.98. The molecule has 3 N–H and O–H groups in total. The van der Waals surface area contributed by atoms with Gasteiger partial charge in [-0.1, -0.05) is 12.1 Å². The highest BCUT2D eigenvalue weighted by molar-refractivity contribution is 5.87. The molecule has 0 saturated carbocycles. The number of benzene rings is 1. The molecule has 126 valence electrons.